The van der Waals surface area contributed by atoms with Crippen molar-refractivity contribution in [3.8, 4) is 0 Å². The fourth-order valence-corrected chi connectivity index (χ4v) is 5.56. The summed E-state index contributed by atoms with van der Waals surface area (Å²) in [6.07, 6.45) is 57.0. The largest absolute Gasteiger partial charge is 0.462 e. The molecule has 0 saturated heterocycles. The second-order valence-corrected chi connectivity index (χ2v) is 14.2. The Morgan fingerprint density at radius 3 is 1.16 bits per heavy atom. The molecule has 0 saturated carbocycles. The van der Waals surface area contributed by atoms with Crippen molar-refractivity contribution in [2.45, 2.75) is 187 Å². The number of allylic oxidation sites excluding steroid dienone is 16. The zero-order valence-corrected chi connectivity index (χ0v) is 35.9. The van der Waals surface area contributed by atoms with Gasteiger partial charge in [-0.15, -0.1) is 0 Å². The smallest absolute Gasteiger partial charge is 0.306 e. The van der Waals surface area contributed by atoms with Crippen molar-refractivity contribution < 1.29 is 28.6 Å². The fourth-order valence-electron chi connectivity index (χ4n) is 5.56. The Labute approximate surface area is 343 Å². The van der Waals surface area contributed by atoms with E-state index < -0.39 is 12.1 Å². The number of unbranched alkanes of at least 4 members (excludes halogenated alkanes) is 11. The number of rotatable bonds is 38. The molecule has 0 fully saturated rings. The van der Waals surface area contributed by atoms with Crippen LogP contribution in [0.15, 0.2) is 97.2 Å². The zero-order chi connectivity index (χ0) is 40.8. The van der Waals surface area contributed by atoms with Crippen molar-refractivity contribution in [1.29, 1.82) is 0 Å². The first-order valence-electron chi connectivity index (χ1n) is 22.2. The zero-order valence-electron chi connectivity index (χ0n) is 35.9. The third-order valence-corrected chi connectivity index (χ3v) is 8.85. The van der Waals surface area contributed by atoms with Crippen LogP contribution in [0.3, 0.4) is 0 Å². The van der Waals surface area contributed by atoms with Gasteiger partial charge < -0.3 is 14.2 Å². The number of hydrogen-bond acceptors (Lipinski definition) is 6. The van der Waals surface area contributed by atoms with Gasteiger partial charge in [-0.3, -0.25) is 14.4 Å². The van der Waals surface area contributed by atoms with Crippen LogP contribution in [0.25, 0.3) is 0 Å². The van der Waals surface area contributed by atoms with E-state index in [1.165, 1.54) is 32.1 Å². The molecule has 0 radical (unpaired) electrons. The third-order valence-electron chi connectivity index (χ3n) is 8.85. The number of ether oxygens (including phenoxy) is 3. The summed E-state index contributed by atoms with van der Waals surface area (Å²) in [5, 5.41) is 0. The van der Waals surface area contributed by atoms with Gasteiger partial charge in [-0.2, -0.15) is 0 Å². The summed E-state index contributed by atoms with van der Waals surface area (Å²) in [6, 6.07) is 0. The van der Waals surface area contributed by atoms with Crippen LogP contribution < -0.4 is 0 Å². The van der Waals surface area contributed by atoms with E-state index in [2.05, 4.69) is 106 Å². The maximum atomic E-state index is 12.7. The van der Waals surface area contributed by atoms with Crippen LogP contribution in [0.4, 0.5) is 0 Å². The highest BCUT2D eigenvalue weighted by Crippen LogP contribution is 2.12. The molecule has 0 aromatic heterocycles. The molecule has 6 nitrogen and oxygen atoms in total. The monoisotopic (exact) mass is 777 g/mol. The number of carbonyl (C=O) groups is 3. The predicted octanol–water partition coefficient (Wildman–Crippen LogP) is 14.2. The maximum Gasteiger partial charge on any atom is 0.306 e. The summed E-state index contributed by atoms with van der Waals surface area (Å²) >= 11 is 0. The molecule has 0 aliphatic carbocycles. The number of esters is 3. The van der Waals surface area contributed by atoms with E-state index in [1.54, 1.807) is 0 Å². The molecular weight excluding hydrogens is 697 g/mol. The Hall–Kier alpha value is -3.67. The van der Waals surface area contributed by atoms with Gasteiger partial charge in [-0.05, 0) is 83.5 Å². The molecule has 0 aliphatic heterocycles. The van der Waals surface area contributed by atoms with Crippen LogP contribution in [-0.4, -0.2) is 37.2 Å². The third kappa shape index (κ3) is 41.5. The van der Waals surface area contributed by atoms with E-state index in [0.29, 0.717) is 19.3 Å². The van der Waals surface area contributed by atoms with E-state index in [0.717, 1.165) is 103 Å². The Kier molecular flexibility index (Phi) is 41.2. The first-order valence-corrected chi connectivity index (χ1v) is 22.2. The van der Waals surface area contributed by atoms with Crippen LogP contribution in [0, 0.1) is 0 Å². The summed E-state index contributed by atoms with van der Waals surface area (Å²) in [4.78, 5) is 37.6. The summed E-state index contributed by atoms with van der Waals surface area (Å²) in [5.74, 6) is -1.04. The van der Waals surface area contributed by atoms with Crippen molar-refractivity contribution in [3.63, 3.8) is 0 Å². The number of hydrogen-bond donors (Lipinski definition) is 0. The van der Waals surface area contributed by atoms with Gasteiger partial charge in [0.15, 0.2) is 6.10 Å². The summed E-state index contributed by atoms with van der Waals surface area (Å²) in [5.41, 5.74) is 0. The molecule has 0 aromatic rings. The molecule has 0 amide bonds. The minimum Gasteiger partial charge on any atom is -0.462 e. The van der Waals surface area contributed by atoms with Gasteiger partial charge in [0, 0.05) is 19.3 Å². The van der Waals surface area contributed by atoms with Gasteiger partial charge in [-0.25, -0.2) is 0 Å². The molecule has 1 unspecified atom stereocenters. The highest BCUT2D eigenvalue weighted by molar-refractivity contribution is 5.71. The van der Waals surface area contributed by atoms with Crippen LogP contribution in [0.1, 0.15) is 181 Å². The van der Waals surface area contributed by atoms with Crippen molar-refractivity contribution >= 4 is 17.9 Å². The summed E-state index contributed by atoms with van der Waals surface area (Å²) in [6.45, 7) is 6.26. The Morgan fingerprint density at radius 2 is 0.732 bits per heavy atom. The highest BCUT2D eigenvalue weighted by atomic mass is 16.6. The molecule has 0 aromatic carbocycles. The van der Waals surface area contributed by atoms with Gasteiger partial charge in [0.25, 0.3) is 0 Å². The van der Waals surface area contributed by atoms with Crippen LogP contribution in [0.2, 0.25) is 0 Å². The second kappa shape index (κ2) is 44.0. The quantitative estimate of drug-likeness (QED) is 0.0269. The lowest BCUT2D eigenvalue weighted by molar-refractivity contribution is -0.166. The lowest BCUT2D eigenvalue weighted by Crippen LogP contribution is -2.30. The highest BCUT2D eigenvalue weighted by Gasteiger charge is 2.19. The molecule has 6 heteroatoms. The van der Waals surface area contributed by atoms with Gasteiger partial charge in [0.05, 0.1) is 0 Å². The molecule has 56 heavy (non-hydrogen) atoms. The maximum absolute atomic E-state index is 12.7. The van der Waals surface area contributed by atoms with E-state index >= 15 is 0 Å². The van der Waals surface area contributed by atoms with Gasteiger partial charge in [0.2, 0.25) is 0 Å². The van der Waals surface area contributed by atoms with E-state index in [4.69, 9.17) is 14.2 Å². The van der Waals surface area contributed by atoms with Gasteiger partial charge in [0.1, 0.15) is 13.2 Å². The van der Waals surface area contributed by atoms with Crippen molar-refractivity contribution in [3.05, 3.63) is 97.2 Å². The van der Waals surface area contributed by atoms with Crippen LogP contribution in [-0.2, 0) is 28.6 Å². The normalized spacial score (nSPS) is 13.0. The van der Waals surface area contributed by atoms with Gasteiger partial charge in [-0.1, -0.05) is 176 Å². The molecule has 0 rings (SSSR count). The molecule has 0 bridgehead atoms. The first kappa shape index (κ1) is 52.3. The Balaban J connectivity index is 4.49. The van der Waals surface area contributed by atoms with E-state index in [9.17, 15) is 14.4 Å². The van der Waals surface area contributed by atoms with Crippen LogP contribution >= 0.6 is 0 Å². The molecule has 0 heterocycles. The van der Waals surface area contributed by atoms with Crippen molar-refractivity contribution in [1.82, 2.24) is 0 Å². The minimum atomic E-state index is -0.822. The fraction of sp³-hybridized carbons (Fsp3) is 0.620. The molecule has 0 spiro atoms. The van der Waals surface area contributed by atoms with Crippen LogP contribution in [0.5, 0.6) is 0 Å². The molecule has 316 valence electrons. The standard InChI is InChI=1S/C50H80O6/c1-4-7-10-13-16-19-21-23-24-25-26-28-29-31-34-37-40-43-49(52)55-46-47(45-54-48(51)42-39-36-33-18-15-12-9-6-3)56-50(53)44-41-38-35-32-30-27-22-20-17-14-11-8-5-2/h7-8,10-11,16-17,19-20,23-24,26-28,30,35,38,47H,4-6,9,12-15,18,21-22,25,29,31-34,36-37,39-46H2,1-3H3/b10-7-,11-8-,19-16-,20-17-,24-23-,28-26-,30-27-,38-35-. The second-order valence-electron chi connectivity index (χ2n) is 14.2. The Bertz CT molecular complexity index is 1170. The molecule has 0 N–H and O–H groups in total. The topological polar surface area (TPSA) is 78.9 Å². The van der Waals surface area contributed by atoms with E-state index in [1.807, 2.05) is 12.2 Å². The summed E-state index contributed by atoms with van der Waals surface area (Å²) < 4.78 is 16.6. The van der Waals surface area contributed by atoms with Gasteiger partial charge >= 0.3 is 17.9 Å². The van der Waals surface area contributed by atoms with Crippen molar-refractivity contribution in [2.75, 3.05) is 13.2 Å². The van der Waals surface area contributed by atoms with Crippen molar-refractivity contribution in [2.24, 2.45) is 0 Å². The average molecular weight is 777 g/mol. The average Bonchev–Trinajstić information content (AvgIpc) is 3.19. The molecule has 0 aliphatic rings. The number of carbonyl (C=O) groups excluding carboxylic acids is 3. The minimum absolute atomic E-state index is 0.115. The Morgan fingerprint density at radius 1 is 0.375 bits per heavy atom. The predicted molar refractivity (Wildman–Crippen MR) is 237 cm³/mol. The SMILES string of the molecule is CC/C=C\C/C=C\C/C=C\C/C=C\CCCCCCC(=O)OCC(COC(=O)CCCCCCCCCC)OC(=O)CC/C=C\C/C=C\C/C=C\C/C=C\CC. The lowest BCUT2D eigenvalue weighted by atomic mass is 10.1. The van der Waals surface area contributed by atoms with E-state index in [-0.39, 0.29) is 31.6 Å². The summed E-state index contributed by atoms with van der Waals surface area (Å²) in [7, 11) is 0. The molecule has 1 atom stereocenters. The molecular formula is C50H80O6. The first-order chi connectivity index (χ1) is 27.5. The lowest BCUT2D eigenvalue weighted by Gasteiger charge is -2.18.